The number of amides is 1. The zero-order valence-corrected chi connectivity index (χ0v) is 23.9. The van der Waals surface area contributed by atoms with Gasteiger partial charge in [0.2, 0.25) is 0 Å². The number of Topliss-reactive ketones (excluding diaryl/α,β-unsaturated/α-hetero) is 1. The second-order valence-corrected chi connectivity index (χ2v) is 10.5. The summed E-state index contributed by atoms with van der Waals surface area (Å²) in [6, 6.07) is 23.1. The molecule has 0 radical (unpaired) electrons. The monoisotopic (exact) mass is 528 g/mol. The number of aliphatic hydroxyl groups is 1. The lowest BCUT2D eigenvalue weighted by atomic mass is 9.90. The molecule has 3 aromatic rings. The number of aryl methyl sites for hydroxylation is 2. The zero-order valence-electron chi connectivity index (χ0n) is 23.9. The number of nitrogens with one attached hydrogen (secondary N) is 2. The first-order chi connectivity index (χ1) is 18.8. The largest absolute Gasteiger partial charge is 0.390 e. The number of carbonyl (C=O) groups is 2. The van der Waals surface area contributed by atoms with Gasteiger partial charge in [-0.2, -0.15) is 0 Å². The smallest absolute Gasteiger partial charge is 0.251 e. The maximum atomic E-state index is 13.5. The van der Waals surface area contributed by atoms with Crippen molar-refractivity contribution in [1.82, 2.24) is 10.6 Å². The van der Waals surface area contributed by atoms with E-state index in [1.165, 1.54) is 5.56 Å². The average Bonchev–Trinajstić information content (AvgIpc) is 2.95. The molecule has 3 unspecified atom stereocenters. The number of ketones is 1. The van der Waals surface area contributed by atoms with E-state index in [-0.39, 0.29) is 17.6 Å². The third-order valence-electron chi connectivity index (χ3n) is 7.29. The number of benzene rings is 3. The quantitative estimate of drug-likeness (QED) is 0.210. The Morgan fingerprint density at radius 2 is 1.54 bits per heavy atom. The topological polar surface area (TPSA) is 78.4 Å². The summed E-state index contributed by atoms with van der Waals surface area (Å²) in [7, 11) is 0. The Labute approximate surface area is 234 Å². The van der Waals surface area contributed by atoms with Crippen molar-refractivity contribution >= 4 is 11.7 Å². The molecule has 3 atom stereocenters. The van der Waals surface area contributed by atoms with E-state index in [1.54, 1.807) is 12.1 Å². The number of rotatable bonds is 15. The highest BCUT2D eigenvalue weighted by Crippen LogP contribution is 2.20. The van der Waals surface area contributed by atoms with Gasteiger partial charge in [-0.1, -0.05) is 81.8 Å². The Morgan fingerprint density at radius 1 is 0.846 bits per heavy atom. The van der Waals surface area contributed by atoms with E-state index in [4.69, 9.17) is 0 Å². The fourth-order valence-electron chi connectivity index (χ4n) is 5.03. The van der Waals surface area contributed by atoms with Crippen molar-refractivity contribution in [2.45, 2.75) is 78.5 Å². The van der Waals surface area contributed by atoms with Gasteiger partial charge in [0, 0.05) is 30.1 Å². The van der Waals surface area contributed by atoms with E-state index in [0.29, 0.717) is 30.6 Å². The molecule has 5 heteroatoms. The van der Waals surface area contributed by atoms with Gasteiger partial charge in [-0.15, -0.1) is 0 Å². The maximum absolute atomic E-state index is 13.5. The molecule has 39 heavy (non-hydrogen) atoms. The summed E-state index contributed by atoms with van der Waals surface area (Å²) in [6.45, 7) is 9.12. The van der Waals surface area contributed by atoms with Crippen molar-refractivity contribution in [3.05, 3.63) is 106 Å². The summed E-state index contributed by atoms with van der Waals surface area (Å²) < 4.78 is 0. The fraction of sp³-hybridized carbons (Fsp3) is 0.412. The van der Waals surface area contributed by atoms with Crippen LogP contribution in [0.25, 0.3) is 0 Å². The first-order valence-corrected chi connectivity index (χ1v) is 14.3. The van der Waals surface area contributed by atoms with Crippen LogP contribution in [0.15, 0.2) is 72.8 Å². The Bertz CT molecular complexity index is 1210. The Kier molecular flexibility index (Phi) is 11.9. The molecule has 0 saturated heterocycles. The summed E-state index contributed by atoms with van der Waals surface area (Å²) in [5.74, 6) is -0.231. The van der Waals surface area contributed by atoms with Crippen LogP contribution in [0.1, 0.15) is 83.0 Å². The fourth-order valence-corrected chi connectivity index (χ4v) is 5.03. The minimum absolute atomic E-state index is 0.0375. The van der Waals surface area contributed by atoms with Gasteiger partial charge in [-0.05, 0) is 73.1 Å². The lowest BCUT2D eigenvalue weighted by Gasteiger charge is -2.25. The highest BCUT2D eigenvalue weighted by molar-refractivity contribution is 6.02. The average molecular weight is 529 g/mol. The molecule has 1 amide bonds. The minimum atomic E-state index is -0.802. The summed E-state index contributed by atoms with van der Waals surface area (Å²) in [6.07, 6.45) is 3.23. The summed E-state index contributed by atoms with van der Waals surface area (Å²) in [5, 5.41) is 17.6. The van der Waals surface area contributed by atoms with E-state index in [0.717, 1.165) is 42.4 Å². The van der Waals surface area contributed by atoms with Crippen LogP contribution in [0.4, 0.5) is 0 Å². The first-order valence-electron chi connectivity index (χ1n) is 14.3. The predicted molar refractivity (Wildman–Crippen MR) is 159 cm³/mol. The van der Waals surface area contributed by atoms with Gasteiger partial charge >= 0.3 is 0 Å². The van der Waals surface area contributed by atoms with Crippen LogP contribution >= 0.6 is 0 Å². The molecule has 3 N–H and O–H groups in total. The van der Waals surface area contributed by atoms with Crippen molar-refractivity contribution in [3.63, 3.8) is 0 Å². The van der Waals surface area contributed by atoms with Gasteiger partial charge in [0.15, 0.2) is 5.78 Å². The molecule has 0 heterocycles. The highest BCUT2D eigenvalue weighted by Gasteiger charge is 2.24. The summed E-state index contributed by atoms with van der Waals surface area (Å²) >= 11 is 0. The molecule has 0 aliphatic rings. The molecule has 0 spiro atoms. The predicted octanol–water partition coefficient (Wildman–Crippen LogP) is 6.06. The van der Waals surface area contributed by atoms with Gasteiger partial charge in [-0.3, -0.25) is 9.59 Å². The number of carbonyl (C=O) groups excluding carboxylic acids is 2. The van der Waals surface area contributed by atoms with E-state index in [2.05, 4.69) is 48.7 Å². The maximum Gasteiger partial charge on any atom is 0.251 e. The van der Waals surface area contributed by atoms with Gasteiger partial charge in [0.1, 0.15) is 0 Å². The number of hydrogen-bond acceptors (Lipinski definition) is 4. The molecule has 208 valence electrons. The van der Waals surface area contributed by atoms with Crippen LogP contribution in [0.3, 0.4) is 0 Å². The third kappa shape index (κ3) is 9.15. The lowest BCUT2D eigenvalue weighted by molar-refractivity contribution is 0.0830. The number of hydrogen-bond donors (Lipinski definition) is 3. The number of aliphatic hydroxyl groups excluding tert-OH is 1. The van der Waals surface area contributed by atoms with E-state index in [9.17, 15) is 14.7 Å². The Balaban J connectivity index is 1.74. The first kappa shape index (κ1) is 30.3. The summed E-state index contributed by atoms with van der Waals surface area (Å²) in [4.78, 5) is 26.6. The van der Waals surface area contributed by atoms with Gasteiger partial charge in [-0.25, -0.2) is 0 Å². The Hall–Kier alpha value is -3.28. The van der Waals surface area contributed by atoms with Crippen LogP contribution in [-0.2, 0) is 19.4 Å². The van der Waals surface area contributed by atoms with Crippen LogP contribution in [0.5, 0.6) is 0 Å². The molecule has 3 aromatic carbocycles. The standard InChI is InChI=1S/C34H44N2O3/c1-5-12-28(7-3)33(38)29-17-24(4)18-30(21-29)34(39)36-31(20-26-13-9-8-10-14-26)32(37)23-35-22-27-16-11-15-25(6-2)19-27/h8-11,13-19,21,28,31-32,35,37H,5-7,12,20,22-23H2,1-4H3,(H,36,39). The van der Waals surface area contributed by atoms with Crippen LogP contribution in [0, 0.1) is 12.8 Å². The van der Waals surface area contributed by atoms with Gasteiger partial charge in [0.25, 0.3) is 5.91 Å². The van der Waals surface area contributed by atoms with Crippen LogP contribution < -0.4 is 10.6 Å². The zero-order chi connectivity index (χ0) is 28.2. The molecule has 3 rings (SSSR count). The SMILES string of the molecule is CCCC(CC)C(=O)c1cc(C)cc(C(=O)NC(Cc2ccccc2)C(O)CNCc2cccc(CC)c2)c1. The molecular formula is C34H44N2O3. The lowest BCUT2D eigenvalue weighted by Crippen LogP contribution is -2.48. The Morgan fingerprint density at radius 3 is 2.23 bits per heavy atom. The van der Waals surface area contributed by atoms with Crippen molar-refractivity contribution in [2.75, 3.05) is 6.54 Å². The van der Waals surface area contributed by atoms with E-state index in [1.807, 2.05) is 50.2 Å². The van der Waals surface area contributed by atoms with Crippen LogP contribution in [0.2, 0.25) is 0 Å². The molecule has 0 aliphatic carbocycles. The minimum Gasteiger partial charge on any atom is -0.390 e. The highest BCUT2D eigenvalue weighted by atomic mass is 16.3. The second-order valence-electron chi connectivity index (χ2n) is 10.5. The molecular weight excluding hydrogens is 484 g/mol. The van der Waals surface area contributed by atoms with Crippen molar-refractivity contribution in [3.8, 4) is 0 Å². The molecule has 5 nitrogen and oxygen atoms in total. The van der Waals surface area contributed by atoms with Gasteiger partial charge in [0.05, 0.1) is 12.1 Å². The second kappa shape index (κ2) is 15.3. The molecule has 0 saturated carbocycles. The third-order valence-corrected chi connectivity index (χ3v) is 7.29. The van der Waals surface area contributed by atoms with E-state index >= 15 is 0 Å². The molecule has 0 fully saturated rings. The van der Waals surface area contributed by atoms with Gasteiger partial charge < -0.3 is 15.7 Å². The normalized spacial score (nSPS) is 13.5. The molecule has 0 aromatic heterocycles. The van der Waals surface area contributed by atoms with Crippen molar-refractivity contribution < 1.29 is 14.7 Å². The summed E-state index contributed by atoms with van der Waals surface area (Å²) in [5.41, 5.74) is 5.36. The molecule has 0 aliphatic heterocycles. The van der Waals surface area contributed by atoms with E-state index < -0.39 is 12.1 Å². The van der Waals surface area contributed by atoms with Crippen molar-refractivity contribution in [1.29, 1.82) is 0 Å². The molecule has 0 bridgehead atoms. The van der Waals surface area contributed by atoms with Crippen LogP contribution in [-0.4, -0.2) is 35.5 Å². The van der Waals surface area contributed by atoms with Crippen molar-refractivity contribution in [2.24, 2.45) is 5.92 Å².